The van der Waals surface area contributed by atoms with E-state index in [1.807, 2.05) is 0 Å². The maximum atomic E-state index is 11.9. The number of allylic oxidation sites excluding steroid dienone is 1. The van der Waals surface area contributed by atoms with E-state index in [2.05, 4.69) is 25.2 Å². The highest BCUT2D eigenvalue weighted by Crippen LogP contribution is 2.60. The number of hydrogen-bond donors (Lipinski definition) is 2. The van der Waals surface area contributed by atoms with E-state index in [9.17, 15) is 9.90 Å². The second-order valence-electron chi connectivity index (χ2n) is 8.70. The van der Waals surface area contributed by atoms with Gasteiger partial charge in [0.05, 0.1) is 6.10 Å². The fraction of sp³-hybridized carbons (Fsp3) is 0.842. The minimum absolute atomic E-state index is 0.0202. The molecule has 4 rings (SSSR count). The Kier molecular flexibility index (Phi) is 3.24. The predicted molar refractivity (Wildman–Crippen MR) is 86.2 cm³/mol. The topological polar surface area (TPSA) is 49.3 Å². The molecular weight excluding hydrogens is 274 g/mol. The monoisotopic (exact) mass is 303 g/mol. The highest BCUT2D eigenvalue weighted by atomic mass is 16.3. The van der Waals surface area contributed by atoms with Gasteiger partial charge in [0.15, 0.2) is 0 Å². The number of aliphatic hydroxyl groups is 1. The fourth-order valence-electron chi connectivity index (χ4n) is 6.32. The fourth-order valence-corrected chi connectivity index (χ4v) is 6.32. The largest absolute Gasteiger partial charge is 0.393 e. The number of hydrogen-bond acceptors (Lipinski definition) is 2. The zero-order valence-electron chi connectivity index (χ0n) is 13.9. The molecule has 0 aromatic rings. The van der Waals surface area contributed by atoms with Crippen LogP contribution in [0.25, 0.3) is 0 Å². The third-order valence-corrected chi connectivity index (χ3v) is 7.57. The van der Waals surface area contributed by atoms with Gasteiger partial charge in [0.1, 0.15) is 0 Å². The lowest BCUT2D eigenvalue weighted by Crippen LogP contribution is -2.62. The lowest BCUT2D eigenvalue weighted by atomic mass is 9.48. The van der Waals surface area contributed by atoms with Gasteiger partial charge in [0.2, 0.25) is 5.91 Å². The Morgan fingerprint density at radius 1 is 1.18 bits per heavy atom. The smallest absolute Gasteiger partial charge is 0.220 e. The normalized spacial score (nSPS) is 51.0. The molecule has 3 heteroatoms. The molecule has 22 heavy (non-hydrogen) atoms. The molecule has 122 valence electrons. The molecule has 6 atom stereocenters. The summed E-state index contributed by atoms with van der Waals surface area (Å²) in [7, 11) is 0. The number of rotatable bonds is 0. The Morgan fingerprint density at radius 2 is 2.00 bits per heavy atom. The van der Waals surface area contributed by atoms with E-state index >= 15 is 0 Å². The van der Waals surface area contributed by atoms with Gasteiger partial charge in [-0.05, 0) is 75.0 Å². The molecule has 1 saturated heterocycles. The molecule has 2 N–H and O–H groups in total. The van der Waals surface area contributed by atoms with E-state index in [4.69, 9.17) is 0 Å². The third kappa shape index (κ3) is 2.01. The van der Waals surface area contributed by atoms with Gasteiger partial charge in [-0.1, -0.05) is 18.6 Å². The van der Waals surface area contributed by atoms with Crippen LogP contribution in [-0.2, 0) is 4.79 Å². The van der Waals surface area contributed by atoms with Crippen molar-refractivity contribution in [3.63, 3.8) is 0 Å². The highest BCUT2D eigenvalue weighted by Gasteiger charge is 2.55. The molecule has 0 unspecified atom stereocenters. The third-order valence-electron chi connectivity index (χ3n) is 7.57. The second-order valence-corrected chi connectivity index (χ2v) is 8.70. The standard InChI is InChI=1S/C19H29NO2/c1-18-9-7-13(21)11-12(18)3-4-14-15(18)8-10-19(2)16(14)5-6-17(22)20-19/h3,13-16,21H,4-11H2,1-2H3,(H,20,22)/t13-,14-,15+,16-,18-,19-/m1/s1. The van der Waals surface area contributed by atoms with Crippen molar-refractivity contribution in [1.82, 2.24) is 5.32 Å². The maximum absolute atomic E-state index is 11.9. The van der Waals surface area contributed by atoms with E-state index in [1.165, 1.54) is 12.0 Å². The second kappa shape index (κ2) is 4.83. The lowest BCUT2D eigenvalue weighted by Gasteiger charge is -2.59. The molecule has 0 spiro atoms. The van der Waals surface area contributed by atoms with Gasteiger partial charge in [-0.25, -0.2) is 0 Å². The minimum atomic E-state index is -0.126. The SMILES string of the molecule is C[C@@]12CC[C@H]3[C@@H](CC=C4C[C@H](O)CC[C@]43C)[C@H]1CCC(=O)N2. The molecule has 4 aliphatic rings. The molecule has 0 radical (unpaired) electrons. The van der Waals surface area contributed by atoms with Gasteiger partial charge in [-0.2, -0.15) is 0 Å². The first kappa shape index (κ1) is 14.7. The van der Waals surface area contributed by atoms with Crippen LogP contribution in [-0.4, -0.2) is 22.7 Å². The number of nitrogens with one attached hydrogen (secondary N) is 1. The van der Waals surface area contributed by atoms with Crippen LogP contribution in [0.3, 0.4) is 0 Å². The first-order valence-electron chi connectivity index (χ1n) is 9.11. The Morgan fingerprint density at radius 3 is 2.82 bits per heavy atom. The van der Waals surface area contributed by atoms with Crippen molar-refractivity contribution in [2.45, 2.75) is 76.9 Å². The molecule has 0 aromatic carbocycles. The number of fused-ring (bicyclic) bond motifs is 5. The lowest BCUT2D eigenvalue weighted by molar-refractivity contribution is -0.131. The molecule has 1 heterocycles. The summed E-state index contributed by atoms with van der Waals surface area (Å²) < 4.78 is 0. The molecule has 3 aliphatic carbocycles. The summed E-state index contributed by atoms with van der Waals surface area (Å²) >= 11 is 0. The zero-order chi connectivity index (χ0) is 15.5. The van der Waals surface area contributed by atoms with Gasteiger partial charge < -0.3 is 10.4 Å². The molecule has 1 aliphatic heterocycles. The first-order valence-corrected chi connectivity index (χ1v) is 9.11. The van der Waals surface area contributed by atoms with Crippen molar-refractivity contribution in [1.29, 1.82) is 0 Å². The van der Waals surface area contributed by atoms with Gasteiger partial charge in [0.25, 0.3) is 0 Å². The maximum Gasteiger partial charge on any atom is 0.220 e. The van der Waals surface area contributed by atoms with Gasteiger partial charge in [-0.15, -0.1) is 0 Å². The predicted octanol–water partition coefficient (Wildman–Crippen LogP) is 3.18. The molecule has 3 fully saturated rings. The Balaban J connectivity index is 1.66. The van der Waals surface area contributed by atoms with Gasteiger partial charge in [-0.3, -0.25) is 4.79 Å². The van der Waals surface area contributed by atoms with Crippen LogP contribution in [0.1, 0.15) is 65.2 Å². The number of carbonyl (C=O) groups excluding carboxylic acids is 1. The average Bonchev–Trinajstić information content (AvgIpc) is 2.46. The van der Waals surface area contributed by atoms with Crippen LogP contribution in [0.5, 0.6) is 0 Å². The number of piperidine rings is 1. The van der Waals surface area contributed by atoms with Crippen LogP contribution < -0.4 is 5.32 Å². The molecule has 3 nitrogen and oxygen atoms in total. The summed E-state index contributed by atoms with van der Waals surface area (Å²) in [5, 5.41) is 13.3. The van der Waals surface area contributed by atoms with Crippen LogP contribution in [0.4, 0.5) is 0 Å². The van der Waals surface area contributed by atoms with Gasteiger partial charge in [0, 0.05) is 12.0 Å². The van der Waals surface area contributed by atoms with Crippen LogP contribution in [0, 0.1) is 23.2 Å². The summed E-state index contributed by atoms with van der Waals surface area (Å²) in [5.74, 6) is 2.33. The molecular formula is C19H29NO2. The summed E-state index contributed by atoms with van der Waals surface area (Å²) in [6.45, 7) is 4.72. The van der Waals surface area contributed by atoms with Crippen molar-refractivity contribution < 1.29 is 9.90 Å². The number of aliphatic hydroxyl groups excluding tert-OH is 1. The van der Waals surface area contributed by atoms with Crippen molar-refractivity contribution in [2.75, 3.05) is 0 Å². The van der Waals surface area contributed by atoms with E-state index in [0.29, 0.717) is 23.7 Å². The Hall–Kier alpha value is -0.830. The van der Waals surface area contributed by atoms with Crippen LogP contribution in [0.2, 0.25) is 0 Å². The van der Waals surface area contributed by atoms with Gasteiger partial charge >= 0.3 is 0 Å². The Bertz CT molecular complexity index is 528. The quantitative estimate of drug-likeness (QED) is 0.675. The minimum Gasteiger partial charge on any atom is -0.393 e. The molecule has 2 saturated carbocycles. The summed E-state index contributed by atoms with van der Waals surface area (Å²) in [5.41, 5.74) is 1.84. The summed E-state index contributed by atoms with van der Waals surface area (Å²) in [6, 6.07) is 0. The van der Waals surface area contributed by atoms with Crippen molar-refractivity contribution in [3.8, 4) is 0 Å². The average molecular weight is 303 g/mol. The van der Waals surface area contributed by atoms with E-state index in [1.54, 1.807) is 0 Å². The summed E-state index contributed by atoms with van der Waals surface area (Å²) in [4.78, 5) is 11.9. The number of carbonyl (C=O) groups is 1. The van der Waals surface area contributed by atoms with E-state index in [0.717, 1.165) is 44.4 Å². The summed E-state index contributed by atoms with van der Waals surface area (Å²) in [6.07, 6.45) is 10.6. The van der Waals surface area contributed by atoms with Crippen molar-refractivity contribution >= 4 is 5.91 Å². The van der Waals surface area contributed by atoms with Crippen molar-refractivity contribution in [2.24, 2.45) is 23.2 Å². The number of amides is 1. The molecule has 0 aromatic heterocycles. The molecule has 0 bridgehead atoms. The zero-order valence-corrected chi connectivity index (χ0v) is 13.9. The van der Waals surface area contributed by atoms with E-state index < -0.39 is 0 Å². The highest BCUT2D eigenvalue weighted by molar-refractivity contribution is 5.77. The molecule has 1 amide bonds. The van der Waals surface area contributed by atoms with Crippen LogP contribution in [0.15, 0.2) is 11.6 Å². The van der Waals surface area contributed by atoms with E-state index in [-0.39, 0.29) is 17.6 Å². The Labute approximate surface area is 133 Å². The van der Waals surface area contributed by atoms with Crippen LogP contribution >= 0.6 is 0 Å². The first-order chi connectivity index (χ1) is 10.4. The van der Waals surface area contributed by atoms with Crippen molar-refractivity contribution in [3.05, 3.63) is 11.6 Å².